The lowest BCUT2D eigenvalue weighted by molar-refractivity contribution is -0.131. The van der Waals surface area contributed by atoms with E-state index in [1.165, 1.54) is 0 Å². The van der Waals surface area contributed by atoms with Gasteiger partial charge >= 0.3 is 6.09 Å². The lowest BCUT2D eigenvalue weighted by Crippen LogP contribution is -2.48. The summed E-state index contributed by atoms with van der Waals surface area (Å²) in [4.78, 5) is 27.6. The van der Waals surface area contributed by atoms with Crippen molar-refractivity contribution in [2.24, 2.45) is 0 Å². The van der Waals surface area contributed by atoms with Gasteiger partial charge < -0.3 is 29.1 Å². The lowest BCUT2D eigenvalue weighted by atomic mass is 9.96. The number of ether oxygens (including phenoxy) is 3. The van der Waals surface area contributed by atoms with Crippen LogP contribution in [-0.4, -0.2) is 78.9 Å². The summed E-state index contributed by atoms with van der Waals surface area (Å²) < 4.78 is 16.5. The van der Waals surface area contributed by atoms with Gasteiger partial charge in [-0.1, -0.05) is 23.2 Å². The predicted molar refractivity (Wildman–Crippen MR) is 115 cm³/mol. The van der Waals surface area contributed by atoms with Crippen LogP contribution in [-0.2, 0) is 25.6 Å². The van der Waals surface area contributed by atoms with Gasteiger partial charge in [0.1, 0.15) is 6.61 Å². The Bertz CT molecular complexity index is 842. The summed E-state index contributed by atoms with van der Waals surface area (Å²) in [6.07, 6.45) is -1.16. The predicted octanol–water partition coefficient (Wildman–Crippen LogP) is 2.84. The van der Waals surface area contributed by atoms with Crippen molar-refractivity contribution in [1.82, 2.24) is 9.80 Å². The van der Waals surface area contributed by atoms with E-state index in [1.807, 2.05) is 0 Å². The third-order valence-corrected chi connectivity index (χ3v) is 5.57. The molecule has 0 radical (unpaired) electrons. The molecular weight excluding hydrogens is 447 g/mol. The Morgan fingerprint density at radius 3 is 2.71 bits per heavy atom. The minimum atomic E-state index is -1.15. The van der Waals surface area contributed by atoms with Crippen LogP contribution in [0.2, 0.25) is 10.0 Å². The molecule has 0 aromatic heterocycles. The SMILES string of the molecule is CCOC1=C(N(C)CCC2CN(C(=O)OCc3cc(Cl)cc(Cl)c3)CCO2)C(O)C1=O. The van der Waals surface area contributed by atoms with Gasteiger partial charge in [-0.25, -0.2) is 4.79 Å². The van der Waals surface area contributed by atoms with Gasteiger partial charge in [-0.3, -0.25) is 4.79 Å². The van der Waals surface area contributed by atoms with Crippen LogP contribution in [0.3, 0.4) is 0 Å². The van der Waals surface area contributed by atoms with E-state index in [0.29, 0.717) is 60.6 Å². The Labute approximate surface area is 191 Å². The number of amides is 1. The largest absolute Gasteiger partial charge is 0.488 e. The van der Waals surface area contributed by atoms with Crippen LogP contribution < -0.4 is 0 Å². The third kappa shape index (κ3) is 5.83. The molecule has 1 aromatic carbocycles. The van der Waals surface area contributed by atoms with Gasteiger partial charge in [-0.15, -0.1) is 0 Å². The molecule has 1 heterocycles. The summed E-state index contributed by atoms with van der Waals surface area (Å²) in [6, 6.07) is 5.01. The van der Waals surface area contributed by atoms with Crippen LogP contribution in [0.25, 0.3) is 0 Å². The molecule has 31 heavy (non-hydrogen) atoms. The number of carbonyl (C=O) groups excluding carboxylic acids is 2. The second-order valence-electron chi connectivity index (χ2n) is 7.40. The molecule has 170 valence electrons. The molecule has 10 heteroatoms. The topological polar surface area (TPSA) is 88.5 Å². The fraction of sp³-hybridized carbons (Fsp3) is 0.524. The Morgan fingerprint density at radius 2 is 2.03 bits per heavy atom. The molecule has 0 spiro atoms. The molecule has 1 aromatic rings. The summed E-state index contributed by atoms with van der Waals surface area (Å²) in [7, 11) is 1.79. The van der Waals surface area contributed by atoms with E-state index in [2.05, 4.69) is 0 Å². The summed E-state index contributed by atoms with van der Waals surface area (Å²) in [5.41, 5.74) is 1.20. The van der Waals surface area contributed by atoms with E-state index in [9.17, 15) is 14.7 Å². The highest BCUT2D eigenvalue weighted by molar-refractivity contribution is 6.34. The zero-order chi connectivity index (χ0) is 22.5. The number of aliphatic hydroxyl groups is 1. The minimum absolute atomic E-state index is 0.0736. The highest BCUT2D eigenvalue weighted by Crippen LogP contribution is 2.28. The number of halogens is 2. The number of hydrogen-bond donors (Lipinski definition) is 1. The van der Waals surface area contributed by atoms with Gasteiger partial charge in [0, 0.05) is 30.2 Å². The first kappa shape index (κ1) is 23.7. The maximum Gasteiger partial charge on any atom is 0.410 e. The fourth-order valence-electron chi connectivity index (χ4n) is 3.54. The minimum Gasteiger partial charge on any atom is -0.488 e. The first-order chi connectivity index (χ1) is 14.8. The zero-order valence-corrected chi connectivity index (χ0v) is 19.0. The van der Waals surface area contributed by atoms with Gasteiger partial charge in [0.05, 0.1) is 31.6 Å². The van der Waals surface area contributed by atoms with Crippen molar-refractivity contribution >= 4 is 35.1 Å². The number of Topliss-reactive ketones (excluding diaryl/α,β-unsaturated/α-hetero) is 1. The smallest absolute Gasteiger partial charge is 0.410 e. The number of likely N-dealkylation sites (N-methyl/N-ethyl adjacent to an activating group) is 1. The standard InChI is InChI=1S/C21H26Cl2N2O6/c1-3-29-20-17(18(26)19(20)27)24(2)5-4-16-11-25(6-7-30-16)21(28)31-12-13-8-14(22)10-15(23)9-13/h8-10,16,18,26H,3-7,11-12H2,1-2H3. The monoisotopic (exact) mass is 472 g/mol. The molecule has 3 rings (SSSR count). The highest BCUT2D eigenvalue weighted by atomic mass is 35.5. The van der Waals surface area contributed by atoms with E-state index in [-0.39, 0.29) is 18.5 Å². The number of ketones is 1. The molecule has 0 saturated carbocycles. The number of carbonyl (C=O) groups is 2. The van der Waals surface area contributed by atoms with Gasteiger partial charge in [0.15, 0.2) is 11.9 Å². The van der Waals surface area contributed by atoms with E-state index < -0.39 is 18.0 Å². The second kappa shape index (κ2) is 10.5. The first-order valence-corrected chi connectivity index (χ1v) is 10.8. The van der Waals surface area contributed by atoms with Crippen molar-refractivity contribution in [3.8, 4) is 0 Å². The molecule has 2 aliphatic rings. The Morgan fingerprint density at radius 1 is 1.32 bits per heavy atom. The molecular formula is C21H26Cl2N2O6. The molecule has 1 fully saturated rings. The van der Waals surface area contributed by atoms with E-state index in [1.54, 1.807) is 42.0 Å². The van der Waals surface area contributed by atoms with Crippen molar-refractivity contribution in [2.75, 3.05) is 39.9 Å². The quantitative estimate of drug-likeness (QED) is 0.621. The average molecular weight is 473 g/mol. The van der Waals surface area contributed by atoms with Crippen LogP contribution in [0.5, 0.6) is 0 Å². The summed E-state index contributed by atoms with van der Waals surface area (Å²) in [5, 5.41) is 10.9. The molecule has 8 nitrogen and oxygen atoms in total. The number of hydrogen-bond acceptors (Lipinski definition) is 7. The van der Waals surface area contributed by atoms with Crippen LogP contribution in [0, 0.1) is 0 Å². The summed E-state index contributed by atoms with van der Waals surface area (Å²) in [6.45, 7) is 3.98. The number of aliphatic hydroxyl groups excluding tert-OH is 1. The molecule has 1 N–H and O–H groups in total. The average Bonchev–Trinajstić information content (AvgIpc) is 2.75. The van der Waals surface area contributed by atoms with Crippen LogP contribution >= 0.6 is 23.2 Å². The number of morpholine rings is 1. The summed E-state index contributed by atoms with van der Waals surface area (Å²) >= 11 is 11.9. The third-order valence-electron chi connectivity index (χ3n) is 5.13. The molecule has 2 atom stereocenters. The van der Waals surface area contributed by atoms with Crippen LogP contribution in [0.15, 0.2) is 29.7 Å². The molecule has 1 aliphatic heterocycles. The van der Waals surface area contributed by atoms with Crippen molar-refractivity contribution in [3.05, 3.63) is 45.3 Å². The maximum absolute atomic E-state index is 12.5. The normalized spacial score (nSPS) is 21.1. The van der Waals surface area contributed by atoms with Gasteiger partial charge in [0.25, 0.3) is 0 Å². The Kier molecular flexibility index (Phi) is 8.05. The molecule has 2 unspecified atom stereocenters. The molecule has 1 amide bonds. The zero-order valence-electron chi connectivity index (χ0n) is 17.5. The van der Waals surface area contributed by atoms with E-state index in [4.69, 9.17) is 37.4 Å². The van der Waals surface area contributed by atoms with E-state index in [0.717, 1.165) is 0 Å². The summed E-state index contributed by atoms with van der Waals surface area (Å²) in [5.74, 6) is -0.180. The van der Waals surface area contributed by atoms with Gasteiger partial charge in [-0.2, -0.15) is 0 Å². The Hall–Kier alpha value is -2.00. The second-order valence-corrected chi connectivity index (χ2v) is 8.27. The lowest BCUT2D eigenvalue weighted by Gasteiger charge is -2.36. The number of rotatable bonds is 8. The number of benzene rings is 1. The van der Waals surface area contributed by atoms with Crippen molar-refractivity contribution in [3.63, 3.8) is 0 Å². The molecule has 0 bridgehead atoms. The van der Waals surface area contributed by atoms with E-state index >= 15 is 0 Å². The van der Waals surface area contributed by atoms with Crippen LogP contribution in [0.1, 0.15) is 18.9 Å². The molecule has 1 saturated heterocycles. The van der Waals surface area contributed by atoms with Crippen molar-refractivity contribution in [2.45, 2.75) is 32.2 Å². The number of nitrogens with zero attached hydrogens (tertiary/aromatic N) is 2. The van der Waals surface area contributed by atoms with Crippen LogP contribution in [0.4, 0.5) is 4.79 Å². The van der Waals surface area contributed by atoms with Gasteiger partial charge in [0.2, 0.25) is 5.78 Å². The van der Waals surface area contributed by atoms with Crippen molar-refractivity contribution in [1.29, 1.82) is 0 Å². The fourth-order valence-corrected chi connectivity index (χ4v) is 4.11. The first-order valence-electron chi connectivity index (χ1n) is 10.1. The highest BCUT2D eigenvalue weighted by Gasteiger charge is 2.42. The molecule has 1 aliphatic carbocycles. The van der Waals surface area contributed by atoms with Crippen molar-refractivity contribution < 1.29 is 28.9 Å². The Balaban J connectivity index is 1.49. The maximum atomic E-state index is 12.5. The van der Waals surface area contributed by atoms with Gasteiger partial charge in [-0.05, 0) is 37.1 Å².